The van der Waals surface area contributed by atoms with Gasteiger partial charge in [0.25, 0.3) is 0 Å². The molecule has 0 bridgehead atoms. The topological polar surface area (TPSA) is 57.6 Å². The van der Waals surface area contributed by atoms with Gasteiger partial charge in [-0.1, -0.05) is 6.07 Å². The van der Waals surface area contributed by atoms with Crippen LogP contribution in [0.25, 0.3) is 0 Å². The number of benzene rings is 1. The maximum absolute atomic E-state index is 12.2. The molecule has 0 atom stereocenters. The molecule has 0 heterocycles. The predicted molar refractivity (Wildman–Crippen MR) is 70.0 cm³/mol. The van der Waals surface area contributed by atoms with Crippen LogP contribution in [0.4, 0.5) is 0 Å². The highest BCUT2D eigenvalue weighted by molar-refractivity contribution is 7.89. The Kier molecular flexibility index (Phi) is 4.04. The molecule has 0 unspecified atom stereocenters. The predicted octanol–water partition coefficient (Wildman–Crippen LogP) is 1.18. The van der Waals surface area contributed by atoms with Crippen LogP contribution < -0.4 is 0 Å². The Morgan fingerprint density at radius 2 is 1.89 bits per heavy atom. The molecule has 1 N–H and O–H groups in total. The van der Waals surface area contributed by atoms with Gasteiger partial charge in [-0.15, -0.1) is 0 Å². The standard InChI is InChI=1S/C13H19NO3S/c1-14(8-9-15)18(16,17)13-7-6-11-4-2-3-5-12(11)10-13/h6-7,10,15H,2-5,8-9H2,1H3. The molecular weight excluding hydrogens is 250 g/mol. The molecular formula is C13H19NO3S. The monoisotopic (exact) mass is 269 g/mol. The molecule has 1 aromatic rings. The molecule has 100 valence electrons. The first-order valence-electron chi connectivity index (χ1n) is 6.24. The molecule has 0 aromatic heterocycles. The fourth-order valence-electron chi connectivity index (χ4n) is 2.31. The summed E-state index contributed by atoms with van der Waals surface area (Å²) in [4.78, 5) is 0.333. The number of likely N-dealkylation sites (N-methyl/N-ethyl adjacent to an activating group) is 1. The second-order valence-electron chi connectivity index (χ2n) is 4.69. The van der Waals surface area contributed by atoms with Crippen LogP contribution in [-0.2, 0) is 22.9 Å². The number of aryl methyl sites for hydroxylation is 2. The van der Waals surface area contributed by atoms with E-state index in [2.05, 4.69) is 0 Å². The number of aliphatic hydroxyl groups is 1. The molecule has 18 heavy (non-hydrogen) atoms. The molecule has 4 nitrogen and oxygen atoms in total. The van der Waals surface area contributed by atoms with E-state index in [4.69, 9.17) is 5.11 Å². The summed E-state index contributed by atoms with van der Waals surface area (Å²) in [5.41, 5.74) is 2.42. The van der Waals surface area contributed by atoms with Crippen LogP contribution in [-0.4, -0.2) is 38.0 Å². The number of rotatable bonds is 4. The summed E-state index contributed by atoms with van der Waals surface area (Å²) in [7, 11) is -1.97. The van der Waals surface area contributed by atoms with Crippen molar-refractivity contribution < 1.29 is 13.5 Å². The van der Waals surface area contributed by atoms with Gasteiger partial charge >= 0.3 is 0 Å². The minimum atomic E-state index is -3.46. The van der Waals surface area contributed by atoms with E-state index >= 15 is 0 Å². The highest BCUT2D eigenvalue weighted by Crippen LogP contribution is 2.25. The molecule has 0 fully saturated rings. The minimum absolute atomic E-state index is 0.124. The molecule has 5 heteroatoms. The van der Waals surface area contributed by atoms with Gasteiger partial charge in [-0.2, -0.15) is 4.31 Å². The largest absolute Gasteiger partial charge is 0.395 e. The van der Waals surface area contributed by atoms with Crippen LogP contribution in [0.1, 0.15) is 24.0 Å². The molecule has 0 saturated heterocycles. The quantitative estimate of drug-likeness (QED) is 0.893. The Morgan fingerprint density at radius 1 is 1.22 bits per heavy atom. The smallest absolute Gasteiger partial charge is 0.242 e. The molecule has 1 aliphatic carbocycles. The fraction of sp³-hybridized carbons (Fsp3) is 0.538. The number of hydrogen-bond donors (Lipinski definition) is 1. The van der Waals surface area contributed by atoms with Crippen molar-refractivity contribution in [3.63, 3.8) is 0 Å². The summed E-state index contributed by atoms with van der Waals surface area (Å²) in [6.07, 6.45) is 4.32. The van der Waals surface area contributed by atoms with Crippen molar-refractivity contribution in [3.05, 3.63) is 29.3 Å². The Morgan fingerprint density at radius 3 is 2.56 bits per heavy atom. The van der Waals surface area contributed by atoms with Gasteiger partial charge < -0.3 is 5.11 Å². The van der Waals surface area contributed by atoms with Crippen molar-refractivity contribution >= 4 is 10.0 Å². The van der Waals surface area contributed by atoms with Crippen LogP contribution in [0.3, 0.4) is 0 Å². The van der Waals surface area contributed by atoms with Gasteiger partial charge in [0.2, 0.25) is 10.0 Å². The summed E-state index contributed by atoms with van der Waals surface area (Å²) in [5, 5.41) is 8.83. The summed E-state index contributed by atoms with van der Waals surface area (Å²) < 4.78 is 25.6. The van der Waals surface area contributed by atoms with Crippen molar-refractivity contribution in [3.8, 4) is 0 Å². The SMILES string of the molecule is CN(CCO)S(=O)(=O)c1ccc2c(c1)CCCC2. The Balaban J connectivity index is 2.33. The van der Waals surface area contributed by atoms with Gasteiger partial charge in [-0.25, -0.2) is 8.42 Å². The molecule has 0 aliphatic heterocycles. The van der Waals surface area contributed by atoms with Crippen LogP contribution >= 0.6 is 0 Å². The summed E-state index contributed by atoms with van der Waals surface area (Å²) >= 11 is 0. The van der Waals surface area contributed by atoms with E-state index in [9.17, 15) is 8.42 Å². The second kappa shape index (κ2) is 5.38. The summed E-state index contributed by atoms with van der Waals surface area (Å²) in [6.45, 7) is -0.0416. The van der Waals surface area contributed by atoms with Crippen molar-refractivity contribution in [1.82, 2.24) is 4.31 Å². The number of sulfonamides is 1. The van der Waals surface area contributed by atoms with Gasteiger partial charge in [0.15, 0.2) is 0 Å². The lowest BCUT2D eigenvalue weighted by Crippen LogP contribution is -2.29. The van der Waals surface area contributed by atoms with Crippen molar-refractivity contribution in [2.75, 3.05) is 20.2 Å². The summed E-state index contributed by atoms with van der Waals surface area (Å²) in [5.74, 6) is 0. The molecule has 0 amide bonds. The minimum Gasteiger partial charge on any atom is -0.395 e. The van der Waals surface area contributed by atoms with E-state index in [1.54, 1.807) is 12.1 Å². The number of nitrogens with zero attached hydrogens (tertiary/aromatic N) is 1. The van der Waals surface area contributed by atoms with E-state index in [0.717, 1.165) is 24.8 Å². The van der Waals surface area contributed by atoms with E-state index in [-0.39, 0.29) is 13.2 Å². The zero-order chi connectivity index (χ0) is 13.2. The molecule has 2 rings (SSSR count). The van der Waals surface area contributed by atoms with E-state index in [1.807, 2.05) is 6.07 Å². The third-order valence-electron chi connectivity index (χ3n) is 3.44. The van der Waals surface area contributed by atoms with Crippen molar-refractivity contribution in [1.29, 1.82) is 0 Å². The van der Waals surface area contributed by atoms with Crippen LogP contribution in [0.2, 0.25) is 0 Å². The Bertz CT molecular complexity index is 525. The molecule has 1 aliphatic rings. The van der Waals surface area contributed by atoms with Gasteiger partial charge in [-0.05, 0) is 48.9 Å². The van der Waals surface area contributed by atoms with Crippen LogP contribution in [0.15, 0.2) is 23.1 Å². The Hall–Kier alpha value is -0.910. The van der Waals surface area contributed by atoms with Crippen molar-refractivity contribution in [2.24, 2.45) is 0 Å². The molecule has 0 radical (unpaired) electrons. The maximum Gasteiger partial charge on any atom is 0.242 e. The lowest BCUT2D eigenvalue weighted by atomic mass is 9.92. The first-order valence-corrected chi connectivity index (χ1v) is 7.68. The zero-order valence-corrected chi connectivity index (χ0v) is 11.4. The first-order chi connectivity index (χ1) is 8.55. The van der Waals surface area contributed by atoms with Gasteiger partial charge in [-0.3, -0.25) is 0 Å². The van der Waals surface area contributed by atoms with E-state index in [1.165, 1.54) is 23.3 Å². The molecule has 0 spiro atoms. The van der Waals surface area contributed by atoms with Gasteiger partial charge in [0.1, 0.15) is 0 Å². The fourth-order valence-corrected chi connectivity index (χ4v) is 3.52. The average Bonchev–Trinajstić information content (AvgIpc) is 2.38. The Labute approximate surface area is 108 Å². The third kappa shape index (κ3) is 2.58. The highest BCUT2D eigenvalue weighted by Gasteiger charge is 2.21. The lowest BCUT2D eigenvalue weighted by molar-refractivity contribution is 0.266. The maximum atomic E-state index is 12.2. The number of aliphatic hydroxyl groups excluding tert-OH is 1. The zero-order valence-electron chi connectivity index (χ0n) is 10.6. The summed E-state index contributed by atoms with van der Waals surface area (Å²) in [6, 6.07) is 5.39. The van der Waals surface area contributed by atoms with Crippen LogP contribution in [0.5, 0.6) is 0 Å². The number of fused-ring (bicyclic) bond motifs is 1. The van der Waals surface area contributed by atoms with E-state index < -0.39 is 10.0 Å². The van der Waals surface area contributed by atoms with Gasteiger partial charge in [0, 0.05) is 13.6 Å². The third-order valence-corrected chi connectivity index (χ3v) is 5.30. The number of hydrogen-bond acceptors (Lipinski definition) is 3. The van der Waals surface area contributed by atoms with Gasteiger partial charge in [0.05, 0.1) is 11.5 Å². The lowest BCUT2D eigenvalue weighted by Gasteiger charge is -2.19. The molecule has 0 saturated carbocycles. The average molecular weight is 269 g/mol. The normalized spacial score (nSPS) is 15.7. The van der Waals surface area contributed by atoms with Crippen LogP contribution in [0, 0.1) is 0 Å². The van der Waals surface area contributed by atoms with E-state index in [0.29, 0.717) is 4.90 Å². The molecule has 1 aromatic carbocycles. The highest BCUT2D eigenvalue weighted by atomic mass is 32.2. The second-order valence-corrected chi connectivity index (χ2v) is 6.73. The first kappa shape index (κ1) is 13.5. The van der Waals surface area contributed by atoms with Crippen molar-refractivity contribution in [2.45, 2.75) is 30.6 Å².